The first-order valence-corrected chi connectivity index (χ1v) is 8.55. The molecular weight excluding hydrogens is 342 g/mol. The van der Waals surface area contributed by atoms with E-state index in [2.05, 4.69) is 12.0 Å². The highest BCUT2D eigenvalue weighted by molar-refractivity contribution is 6.29. The number of halogens is 1. The minimum absolute atomic E-state index is 0.132. The quantitative estimate of drug-likeness (QED) is 0.723. The van der Waals surface area contributed by atoms with Crippen LogP contribution < -0.4 is 10.3 Å². The second-order valence-electron chi connectivity index (χ2n) is 5.67. The second kappa shape index (κ2) is 9.22. The van der Waals surface area contributed by atoms with E-state index in [1.807, 2.05) is 24.3 Å². The Labute approximate surface area is 152 Å². The number of ether oxygens (including phenoxy) is 1. The Hall–Kier alpha value is -2.34. The zero-order valence-corrected chi connectivity index (χ0v) is 15.2. The number of hydrogen-bond acceptors (Lipinski definition) is 4. The van der Waals surface area contributed by atoms with Crippen LogP contribution in [0, 0.1) is 0 Å². The molecule has 6 nitrogen and oxygen atoms in total. The highest BCUT2D eigenvalue weighted by Gasteiger charge is 2.16. The van der Waals surface area contributed by atoms with Crippen LogP contribution in [-0.4, -0.2) is 34.2 Å². The molecule has 1 amide bonds. The molecule has 25 heavy (non-hydrogen) atoms. The van der Waals surface area contributed by atoms with Crippen molar-refractivity contribution < 1.29 is 9.53 Å². The van der Waals surface area contributed by atoms with E-state index in [9.17, 15) is 9.59 Å². The Morgan fingerprint density at radius 1 is 1.32 bits per heavy atom. The van der Waals surface area contributed by atoms with E-state index >= 15 is 0 Å². The number of benzene rings is 1. The molecule has 0 aliphatic heterocycles. The lowest BCUT2D eigenvalue weighted by Crippen LogP contribution is -2.37. The van der Waals surface area contributed by atoms with Gasteiger partial charge in [-0.15, -0.1) is 0 Å². The molecule has 0 spiro atoms. The van der Waals surface area contributed by atoms with Crippen molar-refractivity contribution in [1.29, 1.82) is 0 Å². The average molecular weight is 364 g/mol. The highest BCUT2D eigenvalue weighted by atomic mass is 35.5. The van der Waals surface area contributed by atoms with Gasteiger partial charge in [0, 0.05) is 19.2 Å². The van der Waals surface area contributed by atoms with Crippen molar-refractivity contribution in [1.82, 2.24) is 14.7 Å². The Kier molecular flexibility index (Phi) is 7.01. The number of rotatable bonds is 8. The van der Waals surface area contributed by atoms with E-state index < -0.39 is 0 Å². The monoisotopic (exact) mass is 363 g/mol. The average Bonchev–Trinajstić information content (AvgIpc) is 2.61. The van der Waals surface area contributed by atoms with Crippen molar-refractivity contribution in [3.8, 4) is 5.75 Å². The van der Waals surface area contributed by atoms with E-state index in [1.165, 1.54) is 12.1 Å². The fourth-order valence-electron chi connectivity index (χ4n) is 2.40. The van der Waals surface area contributed by atoms with Gasteiger partial charge >= 0.3 is 0 Å². The molecule has 1 heterocycles. The molecule has 1 aromatic carbocycles. The summed E-state index contributed by atoms with van der Waals surface area (Å²) in [7, 11) is 1.61. The van der Waals surface area contributed by atoms with Gasteiger partial charge in [-0.25, -0.2) is 4.68 Å². The van der Waals surface area contributed by atoms with Gasteiger partial charge < -0.3 is 9.64 Å². The van der Waals surface area contributed by atoms with E-state index in [4.69, 9.17) is 16.3 Å². The number of amides is 1. The van der Waals surface area contributed by atoms with Gasteiger partial charge in [0.1, 0.15) is 17.4 Å². The van der Waals surface area contributed by atoms with Crippen LogP contribution in [0.1, 0.15) is 25.3 Å². The summed E-state index contributed by atoms with van der Waals surface area (Å²) in [4.78, 5) is 26.3. The van der Waals surface area contributed by atoms with Crippen molar-refractivity contribution in [3.05, 3.63) is 57.5 Å². The van der Waals surface area contributed by atoms with Crippen molar-refractivity contribution in [2.45, 2.75) is 32.9 Å². The zero-order chi connectivity index (χ0) is 18.2. The third-order valence-corrected chi connectivity index (χ3v) is 3.96. The number of carbonyl (C=O) groups excluding carboxylic acids is 1. The first kappa shape index (κ1) is 19.0. The van der Waals surface area contributed by atoms with Crippen LogP contribution in [0.5, 0.6) is 5.75 Å². The van der Waals surface area contributed by atoms with Crippen LogP contribution in [0.3, 0.4) is 0 Å². The van der Waals surface area contributed by atoms with Crippen LogP contribution in [-0.2, 0) is 17.9 Å². The molecule has 0 aliphatic carbocycles. The van der Waals surface area contributed by atoms with E-state index in [0.29, 0.717) is 13.1 Å². The predicted molar refractivity (Wildman–Crippen MR) is 96.8 cm³/mol. The van der Waals surface area contributed by atoms with Gasteiger partial charge in [-0.2, -0.15) is 5.10 Å². The normalized spacial score (nSPS) is 10.5. The Bertz CT molecular complexity index is 776. The molecule has 0 fully saturated rings. The molecule has 0 unspecified atom stereocenters. The Morgan fingerprint density at radius 2 is 2.12 bits per heavy atom. The molecule has 0 saturated carbocycles. The first-order chi connectivity index (χ1) is 12.0. The highest BCUT2D eigenvalue weighted by Crippen LogP contribution is 2.15. The zero-order valence-electron chi connectivity index (χ0n) is 14.4. The van der Waals surface area contributed by atoms with Gasteiger partial charge in [-0.1, -0.05) is 37.1 Å². The molecule has 2 aromatic rings. The summed E-state index contributed by atoms with van der Waals surface area (Å²) in [6, 6.07) is 10.3. The van der Waals surface area contributed by atoms with E-state index in [-0.39, 0.29) is 23.2 Å². The number of hydrogen-bond donors (Lipinski definition) is 0. The molecule has 0 atom stereocenters. The molecule has 2 rings (SSSR count). The molecule has 0 bridgehead atoms. The van der Waals surface area contributed by atoms with Crippen LogP contribution in [0.2, 0.25) is 5.15 Å². The predicted octanol–water partition coefficient (Wildman–Crippen LogP) is 2.73. The maximum Gasteiger partial charge on any atom is 0.267 e. The summed E-state index contributed by atoms with van der Waals surface area (Å²) in [5, 5.41) is 4.09. The fourth-order valence-corrected chi connectivity index (χ4v) is 2.55. The number of methoxy groups -OCH3 is 1. The number of carbonyl (C=O) groups is 1. The molecular formula is C18H22ClN3O3. The summed E-state index contributed by atoms with van der Waals surface area (Å²) in [6.07, 6.45) is 1.85. The third-order valence-electron chi connectivity index (χ3n) is 3.76. The van der Waals surface area contributed by atoms with Crippen molar-refractivity contribution in [3.63, 3.8) is 0 Å². The second-order valence-corrected chi connectivity index (χ2v) is 6.06. The minimum atomic E-state index is -0.352. The van der Waals surface area contributed by atoms with Gasteiger partial charge in [-0.3, -0.25) is 9.59 Å². The summed E-state index contributed by atoms with van der Waals surface area (Å²) < 4.78 is 6.32. The maximum absolute atomic E-state index is 12.7. The topological polar surface area (TPSA) is 64.4 Å². The summed E-state index contributed by atoms with van der Waals surface area (Å²) in [6.45, 7) is 3.00. The van der Waals surface area contributed by atoms with Crippen LogP contribution in [0.4, 0.5) is 0 Å². The smallest absolute Gasteiger partial charge is 0.267 e. The van der Waals surface area contributed by atoms with Crippen molar-refractivity contribution in [2.24, 2.45) is 0 Å². The Morgan fingerprint density at radius 3 is 2.84 bits per heavy atom. The third kappa shape index (κ3) is 5.60. The van der Waals surface area contributed by atoms with Gasteiger partial charge in [0.25, 0.3) is 5.56 Å². The lowest BCUT2D eigenvalue weighted by Gasteiger charge is -2.23. The van der Waals surface area contributed by atoms with Crippen LogP contribution in [0.25, 0.3) is 0 Å². The molecule has 0 aliphatic rings. The van der Waals surface area contributed by atoms with Gasteiger partial charge in [-0.05, 0) is 30.2 Å². The van der Waals surface area contributed by atoms with Crippen molar-refractivity contribution in [2.75, 3.05) is 13.7 Å². The lowest BCUT2D eigenvalue weighted by atomic mass is 10.2. The molecule has 0 saturated heterocycles. The number of aromatic nitrogens is 2. The van der Waals surface area contributed by atoms with Gasteiger partial charge in [0.2, 0.25) is 5.91 Å². The Balaban J connectivity index is 2.16. The maximum atomic E-state index is 12.7. The van der Waals surface area contributed by atoms with Gasteiger partial charge in [0.15, 0.2) is 0 Å². The number of unbranched alkanes of at least 4 members (excludes halogenated alkanes) is 1. The summed E-state index contributed by atoms with van der Waals surface area (Å²) >= 11 is 5.82. The SMILES string of the molecule is CCCCN(Cc1cccc(OC)c1)C(=O)Cn1nc(Cl)ccc1=O. The minimum Gasteiger partial charge on any atom is -0.497 e. The molecule has 1 aromatic heterocycles. The van der Waals surface area contributed by atoms with Gasteiger partial charge in [0.05, 0.1) is 7.11 Å². The molecule has 134 valence electrons. The fraction of sp³-hybridized carbons (Fsp3) is 0.389. The van der Waals surface area contributed by atoms with E-state index in [1.54, 1.807) is 12.0 Å². The summed E-state index contributed by atoms with van der Waals surface area (Å²) in [5.41, 5.74) is 0.616. The summed E-state index contributed by atoms with van der Waals surface area (Å²) in [5.74, 6) is 0.571. The lowest BCUT2D eigenvalue weighted by molar-refractivity contribution is -0.132. The molecule has 0 N–H and O–H groups in total. The standard InChI is InChI=1S/C18H22ClN3O3/c1-3-4-10-21(12-14-6-5-7-15(11-14)25-2)18(24)13-22-17(23)9-8-16(19)20-22/h5-9,11H,3-4,10,12-13H2,1-2H3. The molecule has 0 radical (unpaired) electrons. The van der Waals surface area contributed by atoms with Crippen molar-refractivity contribution >= 4 is 17.5 Å². The molecule has 7 heteroatoms. The number of nitrogens with zero attached hydrogens (tertiary/aromatic N) is 3. The van der Waals surface area contributed by atoms with Crippen LogP contribution >= 0.6 is 11.6 Å². The van der Waals surface area contributed by atoms with E-state index in [0.717, 1.165) is 28.8 Å². The van der Waals surface area contributed by atoms with Crippen LogP contribution in [0.15, 0.2) is 41.2 Å². The largest absolute Gasteiger partial charge is 0.497 e. The first-order valence-electron chi connectivity index (χ1n) is 8.18.